The van der Waals surface area contributed by atoms with Crippen LogP contribution in [0.15, 0.2) is 22.8 Å². The van der Waals surface area contributed by atoms with E-state index in [4.69, 9.17) is 11.6 Å². The molecule has 0 aliphatic carbocycles. The topological polar surface area (TPSA) is 16.1 Å². The molecule has 0 aliphatic rings. The molecule has 0 unspecified atom stereocenters. The van der Waals surface area contributed by atoms with E-state index in [9.17, 15) is 0 Å². The fourth-order valence-electron chi connectivity index (χ4n) is 1.24. The molecular weight excluding hydrogens is 263 g/mol. The highest BCUT2D eigenvalue weighted by Crippen LogP contribution is 2.14. The van der Waals surface area contributed by atoms with E-state index >= 15 is 0 Å². The molecule has 1 heterocycles. The van der Waals surface area contributed by atoms with Crippen LogP contribution in [0, 0.1) is 0 Å². The van der Waals surface area contributed by atoms with E-state index in [2.05, 4.69) is 32.7 Å². The van der Waals surface area contributed by atoms with Gasteiger partial charge >= 0.3 is 0 Å². The van der Waals surface area contributed by atoms with E-state index in [1.165, 1.54) is 0 Å². The molecule has 0 atom stereocenters. The van der Waals surface area contributed by atoms with Gasteiger partial charge in [-0.2, -0.15) is 0 Å². The largest absolute Gasteiger partial charge is 0.357 e. The minimum atomic E-state index is 0.701. The number of hydrogen-bond acceptors (Lipinski definition) is 2. The molecule has 78 valence electrons. The van der Waals surface area contributed by atoms with E-state index in [0.717, 1.165) is 29.8 Å². The molecule has 0 amide bonds. The maximum Gasteiger partial charge on any atom is 0.128 e. The van der Waals surface area contributed by atoms with Crippen molar-refractivity contribution in [1.29, 1.82) is 0 Å². The number of nitrogens with zero attached hydrogens (tertiary/aromatic N) is 2. The summed E-state index contributed by atoms with van der Waals surface area (Å²) in [5.41, 5.74) is 0. The minimum absolute atomic E-state index is 0.701. The number of rotatable bonds is 5. The van der Waals surface area contributed by atoms with Crippen molar-refractivity contribution in [2.75, 3.05) is 23.9 Å². The van der Waals surface area contributed by atoms with E-state index in [1.807, 2.05) is 18.3 Å². The smallest absolute Gasteiger partial charge is 0.128 e. The lowest BCUT2D eigenvalue weighted by Crippen LogP contribution is -2.25. The number of anilines is 1. The molecule has 2 nitrogen and oxygen atoms in total. The first-order valence-corrected chi connectivity index (χ1v) is 6.03. The van der Waals surface area contributed by atoms with Crippen LogP contribution in [-0.2, 0) is 0 Å². The van der Waals surface area contributed by atoms with Crippen LogP contribution < -0.4 is 4.90 Å². The van der Waals surface area contributed by atoms with Crippen molar-refractivity contribution in [3.05, 3.63) is 22.8 Å². The predicted molar refractivity (Wildman–Crippen MR) is 65.2 cm³/mol. The molecule has 1 rings (SSSR count). The highest BCUT2D eigenvalue weighted by molar-refractivity contribution is 9.10. The summed E-state index contributed by atoms with van der Waals surface area (Å²) in [5, 5.41) is 0. The fourth-order valence-corrected chi connectivity index (χ4v) is 1.59. The van der Waals surface area contributed by atoms with Gasteiger partial charge in [-0.3, -0.25) is 0 Å². The predicted octanol–water partition coefficient (Wildman–Crippen LogP) is 3.30. The van der Waals surface area contributed by atoms with Gasteiger partial charge < -0.3 is 4.90 Å². The molecule has 0 bridgehead atoms. The second-order valence-corrected chi connectivity index (χ2v) is 4.25. The summed E-state index contributed by atoms with van der Waals surface area (Å²) in [6.45, 7) is 4.05. The van der Waals surface area contributed by atoms with Crippen LogP contribution in [0.2, 0.25) is 0 Å². The van der Waals surface area contributed by atoms with Gasteiger partial charge in [0.25, 0.3) is 0 Å². The van der Waals surface area contributed by atoms with Crippen LogP contribution in [0.25, 0.3) is 0 Å². The van der Waals surface area contributed by atoms with E-state index < -0.39 is 0 Å². The number of pyridine rings is 1. The molecule has 0 radical (unpaired) electrons. The van der Waals surface area contributed by atoms with Crippen molar-refractivity contribution in [3.8, 4) is 0 Å². The summed E-state index contributed by atoms with van der Waals surface area (Å²) in [4.78, 5) is 6.56. The van der Waals surface area contributed by atoms with Crippen LogP contribution in [0.3, 0.4) is 0 Å². The highest BCUT2D eigenvalue weighted by atomic mass is 79.9. The normalized spacial score (nSPS) is 10.2. The maximum absolute atomic E-state index is 5.66. The van der Waals surface area contributed by atoms with Gasteiger partial charge in [0, 0.05) is 29.6 Å². The standard InChI is InChI=1S/C10H14BrClN2/c1-2-14(7-3-6-12)10-5-4-9(11)8-13-10/h4-5,8H,2-3,6-7H2,1H3. The molecule has 0 saturated carbocycles. The quantitative estimate of drug-likeness (QED) is 0.768. The average Bonchev–Trinajstić information content (AvgIpc) is 2.21. The number of alkyl halides is 1. The lowest BCUT2D eigenvalue weighted by atomic mass is 10.3. The van der Waals surface area contributed by atoms with Crippen molar-refractivity contribution in [1.82, 2.24) is 4.98 Å². The molecule has 1 aromatic rings. The summed E-state index contributed by atoms with van der Waals surface area (Å²) in [6.07, 6.45) is 2.81. The maximum atomic E-state index is 5.66. The molecule has 14 heavy (non-hydrogen) atoms. The van der Waals surface area contributed by atoms with Gasteiger partial charge in [-0.05, 0) is 41.4 Å². The van der Waals surface area contributed by atoms with Crippen molar-refractivity contribution >= 4 is 33.3 Å². The second kappa shape index (κ2) is 6.25. The van der Waals surface area contributed by atoms with Gasteiger partial charge in [-0.25, -0.2) is 4.98 Å². The Hall–Kier alpha value is -0.280. The molecule has 0 aromatic carbocycles. The lowest BCUT2D eigenvalue weighted by molar-refractivity contribution is 0.781. The number of hydrogen-bond donors (Lipinski definition) is 0. The Morgan fingerprint density at radius 3 is 2.79 bits per heavy atom. The molecule has 0 spiro atoms. The van der Waals surface area contributed by atoms with Gasteiger partial charge in [0.1, 0.15) is 5.82 Å². The minimum Gasteiger partial charge on any atom is -0.357 e. The Labute approximate surface area is 98.4 Å². The molecular formula is C10H14BrClN2. The SMILES string of the molecule is CCN(CCCCl)c1ccc(Br)cn1. The molecule has 0 aliphatic heterocycles. The van der Waals surface area contributed by atoms with Crippen molar-refractivity contribution < 1.29 is 0 Å². The van der Waals surface area contributed by atoms with Crippen LogP contribution >= 0.6 is 27.5 Å². The molecule has 0 fully saturated rings. The van der Waals surface area contributed by atoms with Crippen LogP contribution in [-0.4, -0.2) is 24.0 Å². The third-order valence-corrected chi connectivity index (χ3v) is 2.72. The van der Waals surface area contributed by atoms with Gasteiger partial charge in [-0.15, -0.1) is 11.6 Å². The van der Waals surface area contributed by atoms with Crippen molar-refractivity contribution in [2.24, 2.45) is 0 Å². The third kappa shape index (κ3) is 3.46. The molecule has 0 N–H and O–H groups in total. The fraction of sp³-hybridized carbons (Fsp3) is 0.500. The zero-order valence-electron chi connectivity index (χ0n) is 8.21. The number of aromatic nitrogens is 1. The molecule has 1 aromatic heterocycles. The zero-order valence-corrected chi connectivity index (χ0v) is 10.6. The van der Waals surface area contributed by atoms with Gasteiger partial charge in [0.2, 0.25) is 0 Å². The summed E-state index contributed by atoms with van der Waals surface area (Å²) >= 11 is 9.03. The summed E-state index contributed by atoms with van der Waals surface area (Å²) in [5.74, 6) is 1.72. The molecule has 4 heteroatoms. The summed E-state index contributed by atoms with van der Waals surface area (Å²) in [7, 11) is 0. The Kier molecular flexibility index (Phi) is 5.26. The van der Waals surface area contributed by atoms with Crippen LogP contribution in [0.4, 0.5) is 5.82 Å². The van der Waals surface area contributed by atoms with E-state index in [0.29, 0.717) is 5.88 Å². The Balaban J connectivity index is 2.64. The first-order valence-electron chi connectivity index (χ1n) is 4.70. The molecule has 0 saturated heterocycles. The van der Waals surface area contributed by atoms with Crippen LogP contribution in [0.1, 0.15) is 13.3 Å². The summed E-state index contributed by atoms with van der Waals surface area (Å²) in [6, 6.07) is 4.02. The number of halogens is 2. The average molecular weight is 278 g/mol. The van der Waals surface area contributed by atoms with Crippen molar-refractivity contribution in [3.63, 3.8) is 0 Å². The Morgan fingerprint density at radius 1 is 1.50 bits per heavy atom. The van der Waals surface area contributed by atoms with Gasteiger partial charge in [0.15, 0.2) is 0 Å². The van der Waals surface area contributed by atoms with E-state index in [1.54, 1.807) is 0 Å². The first-order chi connectivity index (χ1) is 6.77. The van der Waals surface area contributed by atoms with Gasteiger partial charge in [0.05, 0.1) is 0 Å². The zero-order chi connectivity index (χ0) is 10.4. The van der Waals surface area contributed by atoms with Crippen LogP contribution in [0.5, 0.6) is 0 Å². The van der Waals surface area contributed by atoms with Crippen molar-refractivity contribution in [2.45, 2.75) is 13.3 Å². The second-order valence-electron chi connectivity index (χ2n) is 2.96. The van der Waals surface area contributed by atoms with E-state index in [-0.39, 0.29) is 0 Å². The summed E-state index contributed by atoms with van der Waals surface area (Å²) < 4.78 is 1.01. The first kappa shape index (κ1) is 11.8. The Morgan fingerprint density at radius 2 is 2.29 bits per heavy atom. The van der Waals surface area contributed by atoms with Gasteiger partial charge in [-0.1, -0.05) is 0 Å². The highest BCUT2D eigenvalue weighted by Gasteiger charge is 2.03. The monoisotopic (exact) mass is 276 g/mol. The Bertz CT molecular complexity index is 263. The third-order valence-electron chi connectivity index (χ3n) is 1.98. The lowest BCUT2D eigenvalue weighted by Gasteiger charge is -2.21.